The predicted octanol–water partition coefficient (Wildman–Crippen LogP) is 1.52. The molecule has 4 nitrogen and oxygen atoms in total. The average Bonchev–Trinajstić information content (AvgIpc) is 2.29. The lowest BCUT2D eigenvalue weighted by atomic mass is 9.91. The van der Waals surface area contributed by atoms with E-state index in [9.17, 15) is 5.11 Å². The number of aliphatic hydroxyl groups excluding tert-OH is 1. The Balaban J connectivity index is 2.17. The van der Waals surface area contributed by atoms with Crippen molar-refractivity contribution in [2.45, 2.75) is 44.8 Å². The van der Waals surface area contributed by atoms with E-state index >= 15 is 0 Å². The number of nitrogens with zero attached hydrogens (tertiary/aromatic N) is 3. The highest BCUT2D eigenvalue weighted by molar-refractivity contribution is 5.42. The van der Waals surface area contributed by atoms with Gasteiger partial charge < -0.3 is 10.0 Å². The van der Waals surface area contributed by atoms with E-state index < -0.39 is 0 Å². The molecule has 1 heterocycles. The topological polar surface area (TPSA) is 49.2 Å². The van der Waals surface area contributed by atoms with Gasteiger partial charge in [0.25, 0.3) is 0 Å². The Morgan fingerprint density at radius 3 is 2.62 bits per heavy atom. The lowest BCUT2D eigenvalue weighted by Gasteiger charge is -2.36. The van der Waals surface area contributed by atoms with Crippen molar-refractivity contribution < 1.29 is 5.11 Å². The molecule has 1 aromatic heterocycles. The number of aliphatic hydroxyl groups is 1. The van der Waals surface area contributed by atoms with Crippen LogP contribution in [0, 0.1) is 6.92 Å². The molecule has 2 unspecified atom stereocenters. The Hall–Kier alpha value is -1.16. The fourth-order valence-corrected chi connectivity index (χ4v) is 2.45. The number of anilines is 1. The monoisotopic (exact) mass is 221 g/mol. The molecule has 2 atom stereocenters. The Labute approximate surface area is 96.3 Å². The number of hydrogen-bond acceptors (Lipinski definition) is 4. The van der Waals surface area contributed by atoms with Crippen LogP contribution in [0.3, 0.4) is 0 Å². The molecule has 2 rings (SSSR count). The molecule has 1 aliphatic rings. The van der Waals surface area contributed by atoms with Crippen molar-refractivity contribution in [3.8, 4) is 0 Å². The molecule has 1 N–H and O–H groups in total. The zero-order chi connectivity index (χ0) is 11.5. The van der Waals surface area contributed by atoms with Crippen molar-refractivity contribution in [1.82, 2.24) is 9.97 Å². The Morgan fingerprint density at radius 1 is 1.25 bits per heavy atom. The lowest BCUT2D eigenvalue weighted by Crippen LogP contribution is -2.44. The number of likely N-dealkylation sites (N-methyl/N-ethyl adjacent to an activating group) is 1. The molecule has 0 aromatic carbocycles. The lowest BCUT2D eigenvalue weighted by molar-refractivity contribution is 0.106. The van der Waals surface area contributed by atoms with Crippen LogP contribution in [0.25, 0.3) is 0 Å². The number of aromatic nitrogens is 2. The van der Waals surface area contributed by atoms with E-state index in [1.54, 1.807) is 12.4 Å². The third-order valence-electron chi connectivity index (χ3n) is 3.38. The number of hydrogen-bond donors (Lipinski definition) is 1. The van der Waals surface area contributed by atoms with Gasteiger partial charge in [0.15, 0.2) is 0 Å². The van der Waals surface area contributed by atoms with E-state index in [0.29, 0.717) is 0 Å². The highest BCUT2D eigenvalue weighted by atomic mass is 16.3. The minimum absolute atomic E-state index is 0.184. The van der Waals surface area contributed by atoms with Gasteiger partial charge in [-0.15, -0.1) is 0 Å². The van der Waals surface area contributed by atoms with Crippen molar-refractivity contribution in [3.63, 3.8) is 0 Å². The maximum Gasteiger partial charge on any atom is 0.150 e. The summed E-state index contributed by atoms with van der Waals surface area (Å²) in [5.41, 5.74) is 0.919. The van der Waals surface area contributed by atoms with Gasteiger partial charge in [0, 0.05) is 19.4 Å². The Morgan fingerprint density at radius 2 is 1.94 bits per heavy atom. The van der Waals surface area contributed by atoms with Gasteiger partial charge in [0.05, 0.1) is 17.8 Å². The molecular formula is C12H19N3O. The van der Waals surface area contributed by atoms with E-state index in [0.717, 1.165) is 30.8 Å². The molecule has 16 heavy (non-hydrogen) atoms. The van der Waals surface area contributed by atoms with E-state index in [2.05, 4.69) is 14.9 Å². The molecule has 0 radical (unpaired) electrons. The number of aryl methyl sites for hydroxylation is 1. The molecule has 1 aromatic rings. The van der Waals surface area contributed by atoms with Crippen molar-refractivity contribution in [3.05, 3.63) is 18.1 Å². The third kappa shape index (κ3) is 2.16. The number of rotatable bonds is 2. The van der Waals surface area contributed by atoms with Crippen LogP contribution < -0.4 is 4.90 Å². The van der Waals surface area contributed by atoms with Gasteiger partial charge >= 0.3 is 0 Å². The van der Waals surface area contributed by atoms with E-state index in [1.807, 2.05) is 14.0 Å². The van der Waals surface area contributed by atoms with Crippen molar-refractivity contribution >= 4 is 5.82 Å². The second-order valence-corrected chi connectivity index (χ2v) is 4.50. The first-order valence-electron chi connectivity index (χ1n) is 5.88. The van der Waals surface area contributed by atoms with Gasteiger partial charge in [-0.2, -0.15) is 0 Å². The van der Waals surface area contributed by atoms with Crippen molar-refractivity contribution in [1.29, 1.82) is 0 Å². The first-order chi connectivity index (χ1) is 7.70. The largest absolute Gasteiger partial charge is 0.391 e. The molecule has 0 bridgehead atoms. The van der Waals surface area contributed by atoms with Gasteiger partial charge in [-0.1, -0.05) is 12.8 Å². The van der Waals surface area contributed by atoms with Crippen molar-refractivity contribution in [2.24, 2.45) is 0 Å². The van der Waals surface area contributed by atoms with Crippen molar-refractivity contribution in [2.75, 3.05) is 11.9 Å². The maximum absolute atomic E-state index is 10.0. The second kappa shape index (κ2) is 4.78. The third-order valence-corrected chi connectivity index (χ3v) is 3.38. The van der Waals surface area contributed by atoms with Gasteiger partial charge in [0.1, 0.15) is 5.82 Å². The molecule has 4 heteroatoms. The maximum atomic E-state index is 10.0. The van der Waals surface area contributed by atoms with Crippen LogP contribution in [-0.2, 0) is 0 Å². The van der Waals surface area contributed by atoms with Crippen LogP contribution in [0.4, 0.5) is 5.82 Å². The van der Waals surface area contributed by atoms with Crippen LogP contribution in [0.15, 0.2) is 12.4 Å². The van der Waals surface area contributed by atoms with Gasteiger partial charge in [-0.05, 0) is 19.8 Å². The molecule has 88 valence electrons. The minimum atomic E-state index is -0.236. The van der Waals surface area contributed by atoms with E-state index in [-0.39, 0.29) is 12.1 Å². The molecule has 1 saturated carbocycles. The molecule has 1 fully saturated rings. The smallest absolute Gasteiger partial charge is 0.150 e. The normalized spacial score (nSPS) is 25.4. The predicted molar refractivity (Wildman–Crippen MR) is 63.4 cm³/mol. The fourth-order valence-electron chi connectivity index (χ4n) is 2.45. The first kappa shape index (κ1) is 11.3. The summed E-state index contributed by atoms with van der Waals surface area (Å²) < 4.78 is 0. The SMILES string of the molecule is Cc1nccnc1N(C)C1CCCCC1O. The zero-order valence-corrected chi connectivity index (χ0v) is 9.93. The molecule has 1 aliphatic carbocycles. The molecule has 0 amide bonds. The van der Waals surface area contributed by atoms with E-state index in [1.165, 1.54) is 6.42 Å². The van der Waals surface area contributed by atoms with Gasteiger partial charge in [0.2, 0.25) is 0 Å². The first-order valence-corrected chi connectivity index (χ1v) is 5.88. The summed E-state index contributed by atoms with van der Waals surface area (Å²) in [4.78, 5) is 10.6. The van der Waals surface area contributed by atoms with E-state index in [4.69, 9.17) is 0 Å². The van der Waals surface area contributed by atoms with Crippen LogP contribution in [0.5, 0.6) is 0 Å². The highest BCUT2D eigenvalue weighted by Gasteiger charge is 2.28. The summed E-state index contributed by atoms with van der Waals surface area (Å²) in [7, 11) is 2.00. The fraction of sp³-hybridized carbons (Fsp3) is 0.667. The summed E-state index contributed by atoms with van der Waals surface area (Å²) >= 11 is 0. The summed E-state index contributed by atoms with van der Waals surface area (Å²) in [6.45, 7) is 1.95. The average molecular weight is 221 g/mol. The summed E-state index contributed by atoms with van der Waals surface area (Å²) in [5.74, 6) is 0.883. The minimum Gasteiger partial charge on any atom is -0.391 e. The summed E-state index contributed by atoms with van der Waals surface area (Å²) in [6.07, 6.45) is 7.41. The Bertz CT molecular complexity index is 356. The molecular weight excluding hydrogens is 202 g/mol. The van der Waals surface area contributed by atoms with Gasteiger partial charge in [-0.25, -0.2) is 4.98 Å². The standard InChI is InChI=1S/C12H19N3O/c1-9-12(14-8-7-13-9)15(2)10-5-3-4-6-11(10)16/h7-8,10-11,16H,3-6H2,1-2H3. The molecule has 0 spiro atoms. The van der Waals surface area contributed by atoms with Gasteiger partial charge in [-0.3, -0.25) is 4.98 Å². The van der Waals surface area contributed by atoms with Crippen LogP contribution in [-0.4, -0.2) is 34.3 Å². The highest BCUT2D eigenvalue weighted by Crippen LogP contribution is 2.26. The summed E-state index contributed by atoms with van der Waals surface area (Å²) in [6, 6.07) is 0.184. The van der Waals surface area contributed by atoms with Crippen LogP contribution in [0.1, 0.15) is 31.4 Å². The van der Waals surface area contributed by atoms with Crippen LogP contribution >= 0.6 is 0 Å². The molecule has 0 aliphatic heterocycles. The zero-order valence-electron chi connectivity index (χ0n) is 9.93. The second-order valence-electron chi connectivity index (χ2n) is 4.50. The molecule has 0 saturated heterocycles. The quantitative estimate of drug-likeness (QED) is 0.822. The van der Waals surface area contributed by atoms with Crippen LogP contribution in [0.2, 0.25) is 0 Å². The Kier molecular flexibility index (Phi) is 3.39. The summed E-state index contributed by atoms with van der Waals surface area (Å²) in [5, 5.41) is 10.0.